The molecule has 1 fully saturated rings. The molecule has 0 saturated heterocycles. The van der Waals surface area contributed by atoms with Crippen molar-refractivity contribution in [3.8, 4) is 11.8 Å². The first-order valence-corrected chi connectivity index (χ1v) is 10.6. The molecule has 7 heteroatoms. The van der Waals surface area contributed by atoms with E-state index in [0.29, 0.717) is 11.1 Å². The Bertz CT molecular complexity index is 1110. The van der Waals surface area contributed by atoms with Crippen LogP contribution in [0, 0.1) is 17.8 Å². The lowest BCUT2D eigenvalue weighted by atomic mass is 9.52. The average Bonchev–Trinajstić information content (AvgIpc) is 3.25. The van der Waals surface area contributed by atoms with Crippen molar-refractivity contribution >= 4 is 26.7 Å². The molecule has 4 radical (unpaired) electrons. The van der Waals surface area contributed by atoms with Crippen LogP contribution in [-0.2, 0) is 5.34 Å². The second-order valence-corrected chi connectivity index (χ2v) is 8.78. The molecule has 2 aliphatic rings. The summed E-state index contributed by atoms with van der Waals surface area (Å²) in [6, 6.07) is 2.02. The number of nitrogens with zero attached hydrogens (tertiary/aromatic N) is 2. The molecular weight excluding hydrogens is 392 g/mol. The zero-order valence-corrected chi connectivity index (χ0v) is 17.8. The molecule has 2 aromatic rings. The van der Waals surface area contributed by atoms with Gasteiger partial charge in [0.15, 0.2) is 0 Å². The number of alkyl halides is 2. The first-order chi connectivity index (χ1) is 14.6. The van der Waals surface area contributed by atoms with Gasteiger partial charge in [0, 0.05) is 31.2 Å². The predicted octanol–water partition coefficient (Wildman–Crippen LogP) is 4.14. The monoisotopic (exact) mass is 416 g/mol. The lowest BCUT2D eigenvalue weighted by Gasteiger charge is -2.42. The number of pyridine rings is 1. The molecule has 0 aromatic carbocycles. The van der Waals surface area contributed by atoms with Gasteiger partial charge in [-0.05, 0) is 49.6 Å². The summed E-state index contributed by atoms with van der Waals surface area (Å²) in [5.74, 6) is 2.73. The summed E-state index contributed by atoms with van der Waals surface area (Å²) in [7, 11) is 13.2. The number of aliphatic hydroxyl groups is 1. The molecule has 2 heterocycles. The van der Waals surface area contributed by atoms with E-state index in [0.717, 1.165) is 11.1 Å². The topological polar surface area (TPSA) is 38.0 Å². The van der Waals surface area contributed by atoms with Gasteiger partial charge < -0.3 is 9.67 Å². The summed E-state index contributed by atoms with van der Waals surface area (Å²) in [5, 5.41) is 7.77. The highest BCUT2D eigenvalue weighted by atomic mass is 19.3. The summed E-state index contributed by atoms with van der Waals surface area (Å²) >= 11 is 0. The van der Waals surface area contributed by atoms with Gasteiger partial charge in [0.1, 0.15) is 12.1 Å². The van der Waals surface area contributed by atoms with Crippen LogP contribution in [0.15, 0.2) is 41.8 Å². The van der Waals surface area contributed by atoms with Crippen LogP contribution in [0.1, 0.15) is 56.6 Å². The Morgan fingerprint density at radius 2 is 1.87 bits per heavy atom. The minimum absolute atomic E-state index is 0.130. The van der Waals surface area contributed by atoms with Crippen molar-refractivity contribution in [2.24, 2.45) is 5.92 Å². The fourth-order valence-corrected chi connectivity index (χ4v) is 4.86. The standard InChI is InChI=1S/C24H24B2F2N2O/c1-15-5-6-16(2)21(15)18-12-20-22(29-13-18)17(4-3-11-31)14-30(20)24(25,26)19-7-9-23(27,28)10-8-19/h5-6,12-14,19,21,31H,7-11H2,1-2H3. The third kappa shape index (κ3) is 3.99. The molecule has 0 bridgehead atoms. The van der Waals surface area contributed by atoms with Crippen molar-refractivity contribution in [2.75, 3.05) is 6.61 Å². The van der Waals surface area contributed by atoms with E-state index in [4.69, 9.17) is 20.8 Å². The van der Waals surface area contributed by atoms with E-state index < -0.39 is 11.3 Å². The van der Waals surface area contributed by atoms with Gasteiger partial charge in [-0.3, -0.25) is 4.98 Å². The summed E-state index contributed by atoms with van der Waals surface area (Å²) < 4.78 is 29.2. The first-order valence-electron chi connectivity index (χ1n) is 10.6. The summed E-state index contributed by atoms with van der Waals surface area (Å²) in [6.07, 6.45) is 7.81. The number of hydrogen-bond acceptors (Lipinski definition) is 2. The molecule has 0 aliphatic heterocycles. The van der Waals surface area contributed by atoms with Gasteiger partial charge in [0.25, 0.3) is 0 Å². The maximum atomic E-state index is 13.7. The Balaban J connectivity index is 1.82. The van der Waals surface area contributed by atoms with Gasteiger partial charge in [-0.25, -0.2) is 8.78 Å². The van der Waals surface area contributed by atoms with Crippen LogP contribution in [0.2, 0.25) is 0 Å². The van der Waals surface area contributed by atoms with Crippen molar-refractivity contribution in [3.05, 3.63) is 52.9 Å². The van der Waals surface area contributed by atoms with Gasteiger partial charge in [-0.15, -0.1) is 0 Å². The maximum Gasteiger partial charge on any atom is 0.248 e. The zero-order valence-electron chi connectivity index (χ0n) is 17.8. The molecule has 1 saturated carbocycles. The number of rotatable bonds is 3. The molecule has 2 aromatic heterocycles. The number of hydrogen-bond donors (Lipinski definition) is 1. The lowest BCUT2D eigenvalue weighted by Crippen LogP contribution is -2.45. The van der Waals surface area contributed by atoms with Crippen molar-refractivity contribution < 1.29 is 13.9 Å². The van der Waals surface area contributed by atoms with Crippen molar-refractivity contribution in [3.63, 3.8) is 0 Å². The smallest absolute Gasteiger partial charge is 0.248 e. The van der Waals surface area contributed by atoms with E-state index in [9.17, 15) is 8.78 Å². The third-order valence-electron chi connectivity index (χ3n) is 6.61. The minimum atomic E-state index is -2.66. The second-order valence-electron chi connectivity index (χ2n) is 8.78. The minimum Gasteiger partial charge on any atom is -0.384 e. The predicted molar refractivity (Wildman–Crippen MR) is 120 cm³/mol. The number of aromatic nitrogens is 2. The molecule has 31 heavy (non-hydrogen) atoms. The Kier molecular flexibility index (Phi) is 5.64. The molecule has 0 atom stereocenters. The second kappa shape index (κ2) is 7.98. The van der Waals surface area contributed by atoms with Crippen LogP contribution in [0.3, 0.4) is 0 Å². The normalized spacial score (nSPS) is 19.8. The van der Waals surface area contributed by atoms with Crippen LogP contribution in [0.5, 0.6) is 0 Å². The highest BCUT2D eigenvalue weighted by molar-refractivity contribution is 6.38. The van der Waals surface area contributed by atoms with Crippen LogP contribution in [0.4, 0.5) is 8.78 Å². The Hall–Kier alpha value is -2.32. The van der Waals surface area contributed by atoms with E-state index in [1.165, 1.54) is 11.1 Å². The van der Waals surface area contributed by atoms with Crippen LogP contribution < -0.4 is 0 Å². The molecular formula is C24H24B2F2N2O. The molecule has 3 nitrogen and oxygen atoms in total. The molecule has 0 amide bonds. The molecule has 2 aliphatic carbocycles. The Morgan fingerprint density at radius 3 is 2.48 bits per heavy atom. The van der Waals surface area contributed by atoms with Crippen molar-refractivity contribution in [2.45, 2.75) is 56.7 Å². The van der Waals surface area contributed by atoms with Gasteiger partial charge in [-0.2, -0.15) is 0 Å². The number of allylic oxidation sites excluding steroid dienone is 4. The maximum absolute atomic E-state index is 13.7. The van der Waals surface area contributed by atoms with Gasteiger partial charge in [0.2, 0.25) is 5.92 Å². The average molecular weight is 416 g/mol. The van der Waals surface area contributed by atoms with Gasteiger partial charge in [0.05, 0.1) is 26.8 Å². The lowest BCUT2D eigenvalue weighted by molar-refractivity contribution is -0.0498. The first kappa shape index (κ1) is 21.9. The van der Waals surface area contributed by atoms with Crippen LogP contribution in [0.25, 0.3) is 11.0 Å². The molecule has 0 unspecified atom stereocenters. The van der Waals surface area contributed by atoms with Crippen LogP contribution in [-0.4, -0.2) is 42.9 Å². The van der Waals surface area contributed by atoms with Gasteiger partial charge in [-0.1, -0.05) is 35.1 Å². The van der Waals surface area contributed by atoms with Crippen molar-refractivity contribution in [1.29, 1.82) is 0 Å². The van der Waals surface area contributed by atoms with E-state index in [-0.39, 0.29) is 44.1 Å². The van der Waals surface area contributed by atoms with E-state index in [1.54, 1.807) is 10.8 Å². The number of aliphatic hydroxyl groups excluding tert-OH is 1. The highest BCUT2D eigenvalue weighted by Gasteiger charge is 2.41. The summed E-state index contributed by atoms with van der Waals surface area (Å²) in [6.45, 7) is 3.88. The SMILES string of the molecule is [B]C([B])(C1CCC(F)(F)CC1)n1cc(C#CCO)c2ncc(C3C(C)=CC=C3C)cc21. The zero-order chi connectivity index (χ0) is 22.4. The molecule has 1 N–H and O–H groups in total. The van der Waals surface area contributed by atoms with Crippen LogP contribution >= 0.6 is 0 Å². The van der Waals surface area contributed by atoms with Gasteiger partial charge >= 0.3 is 0 Å². The number of halogens is 2. The molecule has 0 spiro atoms. The molecule has 156 valence electrons. The van der Waals surface area contributed by atoms with E-state index in [2.05, 4.69) is 42.8 Å². The summed E-state index contributed by atoms with van der Waals surface area (Å²) in [4.78, 5) is 4.66. The quantitative estimate of drug-likeness (QED) is 0.604. The fraction of sp³-hybridized carbons (Fsp3) is 0.458. The van der Waals surface area contributed by atoms with Crippen molar-refractivity contribution in [1.82, 2.24) is 9.55 Å². The fourth-order valence-electron chi connectivity index (χ4n) is 4.86. The van der Waals surface area contributed by atoms with E-state index in [1.807, 2.05) is 12.3 Å². The summed E-state index contributed by atoms with van der Waals surface area (Å²) in [5.41, 5.74) is 5.40. The largest absolute Gasteiger partial charge is 0.384 e. The third-order valence-corrected chi connectivity index (χ3v) is 6.61. The number of fused-ring (bicyclic) bond motifs is 1. The molecule has 4 rings (SSSR count). The Labute approximate surface area is 184 Å². The highest BCUT2D eigenvalue weighted by Crippen LogP contribution is 2.43. The Morgan fingerprint density at radius 1 is 1.23 bits per heavy atom. The van der Waals surface area contributed by atoms with E-state index >= 15 is 0 Å².